The molecule has 2 aromatic rings. The number of likely N-dealkylation sites (tertiary alicyclic amines) is 1. The fourth-order valence-electron chi connectivity index (χ4n) is 4.72. The Hall–Kier alpha value is -2.80. The van der Waals surface area contributed by atoms with Gasteiger partial charge in [-0.3, -0.25) is 9.59 Å². The number of carbonyl (C=O) groups is 2. The number of piperazine rings is 1. The lowest BCUT2D eigenvalue weighted by Gasteiger charge is -2.42. The van der Waals surface area contributed by atoms with Crippen LogP contribution in [0.1, 0.15) is 19.8 Å². The summed E-state index contributed by atoms with van der Waals surface area (Å²) in [5, 5.41) is 0. The second-order valence-electron chi connectivity index (χ2n) is 8.97. The average Bonchev–Trinajstić information content (AvgIpc) is 2.93. The summed E-state index contributed by atoms with van der Waals surface area (Å²) in [5.41, 5.74) is 0. The molecule has 2 aromatic carbocycles. The van der Waals surface area contributed by atoms with Crippen molar-refractivity contribution in [1.29, 1.82) is 0 Å². The number of hydrogen-bond donors (Lipinski definition) is 0. The quantitative estimate of drug-likeness (QED) is 0.481. The van der Waals surface area contributed by atoms with Crippen molar-refractivity contribution >= 4 is 31.9 Å². The second kappa shape index (κ2) is 11.3. The van der Waals surface area contributed by atoms with E-state index in [1.54, 1.807) is 43.3 Å². The van der Waals surface area contributed by atoms with Crippen LogP contribution in [0.4, 0.5) is 0 Å². The molecule has 0 aliphatic carbocycles. The molecule has 1 amide bonds. The Morgan fingerprint density at radius 2 is 1.35 bits per heavy atom. The maximum atomic E-state index is 13.7. The highest BCUT2D eigenvalue weighted by atomic mass is 32.2. The lowest BCUT2D eigenvalue weighted by molar-refractivity contribution is -0.152. The Bertz CT molecular complexity index is 1310. The van der Waals surface area contributed by atoms with E-state index in [9.17, 15) is 26.4 Å². The molecular formula is C25H31N3O7S2. The van der Waals surface area contributed by atoms with E-state index < -0.39 is 32.0 Å². The molecule has 200 valence electrons. The number of piperidine rings is 1. The minimum atomic E-state index is -4.07. The normalized spacial score (nSPS) is 20.5. The maximum absolute atomic E-state index is 13.7. The van der Waals surface area contributed by atoms with E-state index >= 15 is 0 Å². The summed E-state index contributed by atoms with van der Waals surface area (Å²) in [5.74, 6) is -1.11. The van der Waals surface area contributed by atoms with Gasteiger partial charge in [-0.1, -0.05) is 36.4 Å². The van der Waals surface area contributed by atoms with Crippen molar-refractivity contribution in [2.45, 2.75) is 35.6 Å². The first-order valence-corrected chi connectivity index (χ1v) is 15.1. The molecule has 0 spiro atoms. The Labute approximate surface area is 217 Å². The van der Waals surface area contributed by atoms with Crippen molar-refractivity contribution in [2.75, 3.05) is 39.3 Å². The number of benzene rings is 2. The van der Waals surface area contributed by atoms with Crippen LogP contribution >= 0.6 is 0 Å². The Morgan fingerprint density at radius 1 is 0.811 bits per heavy atom. The first-order chi connectivity index (χ1) is 17.7. The molecule has 37 heavy (non-hydrogen) atoms. The third-order valence-electron chi connectivity index (χ3n) is 6.74. The highest BCUT2D eigenvalue weighted by Crippen LogP contribution is 2.28. The van der Waals surface area contributed by atoms with Gasteiger partial charge in [0.15, 0.2) is 0 Å². The molecule has 1 atom stereocenters. The van der Waals surface area contributed by atoms with Gasteiger partial charge in [-0.2, -0.15) is 8.61 Å². The van der Waals surface area contributed by atoms with Crippen molar-refractivity contribution in [1.82, 2.24) is 13.5 Å². The van der Waals surface area contributed by atoms with Gasteiger partial charge in [-0.05, 0) is 44.0 Å². The molecule has 2 saturated heterocycles. The van der Waals surface area contributed by atoms with Crippen LogP contribution in [-0.2, 0) is 34.4 Å². The summed E-state index contributed by atoms with van der Waals surface area (Å²) >= 11 is 0. The molecule has 0 unspecified atom stereocenters. The van der Waals surface area contributed by atoms with E-state index in [1.165, 1.54) is 33.5 Å². The van der Waals surface area contributed by atoms with Gasteiger partial charge in [0.05, 0.1) is 22.3 Å². The molecule has 12 heteroatoms. The first-order valence-electron chi connectivity index (χ1n) is 12.2. The zero-order valence-corrected chi connectivity index (χ0v) is 22.2. The van der Waals surface area contributed by atoms with Crippen molar-refractivity contribution in [2.24, 2.45) is 5.92 Å². The number of nitrogens with zero attached hydrogens (tertiary/aromatic N) is 3. The molecule has 0 N–H and O–H groups in total. The van der Waals surface area contributed by atoms with Crippen LogP contribution in [0, 0.1) is 5.92 Å². The number of rotatable bonds is 7. The molecule has 2 heterocycles. The van der Waals surface area contributed by atoms with E-state index in [0.717, 1.165) is 4.31 Å². The zero-order valence-electron chi connectivity index (χ0n) is 20.6. The Balaban J connectivity index is 1.61. The van der Waals surface area contributed by atoms with E-state index in [2.05, 4.69) is 0 Å². The highest BCUT2D eigenvalue weighted by molar-refractivity contribution is 7.89. The van der Waals surface area contributed by atoms with Crippen molar-refractivity contribution in [3.8, 4) is 0 Å². The lowest BCUT2D eigenvalue weighted by atomic mass is 9.96. The molecule has 0 radical (unpaired) electrons. The summed E-state index contributed by atoms with van der Waals surface area (Å²) < 4.78 is 61.1. The number of amides is 1. The van der Waals surface area contributed by atoms with Crippen LogP contribution in [-0.4, -0.2) is 87.6 Å². The summed E-state index contributed by atoms with van der Waals surface area (Å²) in [6.45, 7) is 1.96. The second-order valence-corrected chi connectivity index (χ2v) is 12.8. The van der Waals surface area contributed by atoms with Crippen LogP contribution in [0.5, 0.6) is 0 Å². The summed E-state index contributed by atoms with van der Waals surface area (Å²) in [6.07, 6.45) is 0.795. The molecular weight excluding hydrogens is 518 g/mol. The predicted molar refractivity (Wildman–Crippen MR) is 135 cm³/mol. The van der Waals surface area contributed by atoms with Crippen molar-refractivity contribution < 1.29 is 31.2 Å². The van der Waals surface area contributed by atoms with E-state index in [4.69, 9.17) is 4.74 Å². The van der Waals surface area contributed by atoms with Crippen molar-refractivity contribution in [3.05, 3.63) is 60.7 Å². The number of sulfonamides is 2. The predicted octanol–water partition coefficient (Wildman–Crippen LogP) is 1.55. The Kier molecular flexibility index (Phi) is 8.32. The van der Waals surface area contributed by atoms with Crippen LogP contribution < -0.4 is 0 Å². The topological polar surface area (TPSA) is 121 Å². The molecule has 2 aliphatic heterocycles. The van der Waals surface area contributed by atoms with Gasteiger partial charge in [0.2, 0.25) is 26.0 Å². The molecule has 4 rings (SSSR count). The van der Waals surface area contributed by atoms with Gasteiger partial charge in [0, 0.05) is 32.7 Å². The van der Waals surface area contributed by atoms with Crippen molar-refractivity contribution in [3.63, 3.8) is 0 Å². The van der Waals surface area contributed by atoms with Gasteiger partial charge in [-0.25, -0.2) is 16.8 Å². The molecule has 10 nitrogen and oxygen atoms in total. The van der Waals surface area contributed by atoms with Crippen LogP contribution in [0.25, 0.3) is 0 Å². The lowest BCUT2D eigenvalue weighted by Crippen LogP contribution is -2.62. The largest absolute Gasteiger partial charge is 0.466 e. The van der Waals surface area contributed by atoms with E-state index in [1.807, 2.05) is 0 Å². The van der Waals surface area contributed by atoms with Gasteiger partial charge in [0.25, 0.3) is 0 Å². The standard InChI is InChI=1S/C25H31N3O7S2/c1-2-35-25(30)20-13-15-26(16-14-20)24(29)23-19-27(36(31,32)21-9-5-3-6-10-21)17-18-28(23)37(33,34)22-11-7-4-8-12-22/h3-12,20,23H,2,13-19H2,1H3/t23-/m1/s1. The molecule has 0 saturated carbocycles. The number of esters is 1. The Morgan fingerprint density at radius 3 is 1.89 bits per heavy atom. The monoisotopic (exact) mass is 549 g/mol. The summed E-state index contributed by atoms with van der Waals surface area (Å²) in [4.78, 5) is 27.5. The molecule has 0 bridgehead atoms. The summed E-state index contributed by atoms with van der Waals surface area (Å²) in [6, 6.07) is 14.4. The van der Waals surface area contributed by atoms with Crippen LogP contribution in [0.3, 0.4) is 0 Å². The first kappa shape index (κ1) is 27.2. The van der Waals surface area contributed by atoms with E-state index in [0.29, 0.717) is 12.8 Å². The van der Waals surface area contributed by atoms with Crippen LogP contribution in [0.15, 0.2) is 70.5 Å². The SMILES string of the molecule is CCOC(=O)C1CCN(C(=O)[C@H]2CN(S(=O)(=O)c3ccccc3)CCN2S(=O)(=O)c2ccccc2)CC1. The number of hydrogen-bond acceptors (Lipinski definition) is 7. The van der Waals surface area contributed by atoms with E-state index in [-0.39, 0.29) is 61.0 Å². The number of ether oxygens (including phenoxy) is 1. The zero-order chi connectivity index (χ0) is 26.6. The molecule has 0 aromatic heterocycles. The van der Waals surface area contributed by atoms with Crippen LogP contribution in [0.2, 0.25) is 0 Å². The highest BCUT2D eigenvalue weighted by Gasteiger charge is 2.45. The smallest absolute Gasteiger partial charge is 0.309 e. The third kappa shape index (κ3) is 5.71. The fourth-order valence-corrected chi connectivity index (χ4v) is 7.77. The third-order valence-corrected chi connectivity index (χ3v) is 10.5. The summed E-state index contributed by atoms with van der Waals surface area (Å²) in [7, 11) is -8.01. The molecule has 2 aliphatic rings. The van der Waals surface area contributed by atoms with Gasteiger partial charge >= 0.3 is 5.97 Å². The maximum Gasteiger partial charge on any atom is 0.309 e. The number of carbonyl (C=O) groups excluding carboxylic acids is 2. The van der Waals surface area contributed by atoms with Gasteiger partial charge < -0.3 is 9.64 Å². The van der Waals surface area contributed by atoms with Gasteiger partial charge in [0.1, 0.15) is 6.04 Å². The van der Waals surface area contributed by atoms with Gasteiger partial charge in [-0.15, -0.1) is 0 Å². The minimum Gasteiger partial charge on any atom is -0.466 e. The average molecular weight is 550 g/mol. The fraction of sp³-hybridized carbons (Fsp3) is 0.440. The minimum absolute atomic E-state index is 0.0354. The molecule has 2 fully saturated rings.